The lowest BCUT2D eigenvalue weighted by Crippen LogP contribution is -2.49. The van der Waals surface area contributed by atoms with Crippen molar-refractivity contribution in [3.05, 3.63) is 35.8 Å². The SMILES string of the molecule is CC1=CCC(O[Si](C)(C)C)(C(=O)c2ccco2)CC1. The number of allylic oxidation sites excluding steroid dienone is 1. The van der Waals surface area contributed by atoms with Gasteiger partial charge in [0.05, 0.1) is 6.26 Å². The van der Waals surface area contributed by atoms with Crippen molar-refractivity contribution in [3.63, 3.8) is 0 Å². The first-order valence-corrected chi connectivity index (χ1v) is 10.2. The van der Waals surface area contributed by atoms with Crippen LogP contribution in [0.1, 0.15) is 36.7 Å². The molecule has 1 aliphatic carbocycles. The Morgan fingerprint density at radius 3 is 2.63 bits per heavy atom. The molecule has 0 radical (unpaired) electrons. The largest absolute Gasteiger partial charge is 0.461 e. The fraction of sp³-hybridized carbons (Fsp3) is 0.533. The van der Waals surface area contributed by atoms with Crippen molar-refractivity contribution >= 4 is 14.1 Å². The highest BCUT2D eigenvalue weighted by Gasteiger charge is 2.44. The number of carbonyl (C=O) groups excluding carboxylic acids is 1. The quantitative estimate of drug-likeness (QED) is 0.471. The fourth-order valence-electron chi connectivity index (χ4n) is 2.51. The third kappa shape index (κ3) is 3.25. The van der Waals surface area contributed by atoms with E-state index >= 15 is 0 Å². The summed E-state index contributed by atoms with van der Waals surface area (Å²) in [5, 5.41) is 0. The summed E-state index contributed by atoms with van der Waals surface area (Å²) in [6, 6.07) is 3.47. The smallest absolute Gasteiger partial charge is 0.228 e. The Bertz CT molecular complexity index is 482. The Balaban J connectivity index is 2.32. The van der Waals surface area contributed by atoms with Crippen molar-refractivity contribution in [1.82, 2.24) is 0 Å². The monoisotopic (exact) mass is 278 g/mol. The molecule has 2 rings (SSSR count). The molecule has 0 fully saturated rings. The van der Waals surface area contributed by atoms with E-state index in [4.69, 9.17) is 8.84 Å². The highest BCUT2D eigenvalue weighted by atomic mass is 28.4. The number of hydrogen-bond donors (Lipinski definition) is 0. The topological polar surface area (TPSA) is 39.4 Å². The lowest BCUT2D eigenvalue weighted by Gasteiger charge is -2.39. The second-order valence-electron chi connectivity index (χ2n) is 6.27. The molecule has 0 spiro atoms. The zero-order valence-electron chi connectivity index (χ0n) is 12.2. The number of furan rings is 1. The van der Waals surface area contributed by atoms with Gasteiger partial charge in [-0.05, 0) is 51.5 Å². The highest BCUT2D eigenvalue weighted by molar-refractivity contribution is 6.70. The molecule has 0 aliphatic heterocycles. The molecule has 1 atom stereocenters. The molecule has 0 bridgehead atoms. The van der Waals surface area contributed by atoms with Gasteiger partial charge in [-0.3, -0.25) is 4.79 Å². The molecule has 1 aliphatic rings. The number of hydrogen-bond acceptors (Lipinski definition) is 3. The van der Waals surface area contributed by atoms with Gasteiger partial charge in [0, 0.05) is 6.42 Å². The van der Waals surface area contributed by atoms with Crippen LogP contribution in [-0.2, 0) is 4.43 Å². The summed E-state index contributed by atoms with van der Waals surface area (Å²) in [6.07, 6.45) is 5.99. The minimum absolute atomic E-state index is 0.0105. The van der Waals surface area contributed by atoms with Crippen LogP contribution in [0.25, 0.3) is 0 Å². The summed E-state index contributed by atoms with van der Waals surface area (Å²) in [6.45, 7) is 8.47. The zero-order chi connectivity index (χ0) is 14.1. The van der Waals surface area contributed by atoms with Crippen molar-refractivity contribution in [3.8, 4) is 0 Å². The third-order valence-electron chi connectivity index (χ3n) is 3.36. The molecule has 0 N–H and O–H groups in total. The van der Waals surface area contributed by atoms with Gasteiger partial charge in [-0.1, -0.05) is 11.6 Å². The summed E-state index contributed by atoms with van der Waals surface area (Å²) < 4.78 is 11.6. The molecule has 104 valence electrons. The number of rotatable bonds is 4. The molecular formula is C15H22O3Si. The summed E-state index contributed by atoms with van der Waals surface area (Å²) in [7, 11) is -1.81. The van der Waals surface area contributed by atoms with Gasteiger partial charge < -0.3 is 8.84 Å². The lowest BCUT2D eigenvalue weighted by molar-refractivity contribution is 0.0335. The van der Waals surface area contributed by atoms with Gasteiger partial charge >= 0.3 is 0 Å². The fourth-order valence-corrected chi connectivity index (χ4v) is 3.96. The molecule has 1 unspecified atom stereocenters. The first-order chi connectivity index (χ1) is 8.82. The number of Topliss-reactive ketones (excluding diaryl/α,β-unsaturated/α-hetero) is 1. The Hall–Kier alpha value is -1.13. The molecule has 0 saturated carbocycles. The average Bonchev–Trinajstić information content (AvgIpc) is 2.83. The molecule has 1 aromatic rings. The molecule has 19 heavy (non-hydrogen) atoms. The maximum absolute atomic E-state index is 12.7. The Morgan fingerprint density at radius 1 is 1.42 bits per heavy atom. The van der Waals surface area contributed by atoms with E-state index in [2.05, 4.69) is 32.6 Å². The van der Waals surface area contributed by atoms with Gasteiger partial charge in [0.15, 0.2) is 14.1 Å². The van der Waals surface area contributed by atoms with E-state index in [9.17, 15) is 4.79 Å². The van der Waals surface area contributed by atoms with E-state index in [0.717, 1.165) is 12.8 Å². The lowest BCUT2D eigenvalue weighted by atomic mass is 9.82. The molecule has 1 aromatic heterocycles. The van der Waals surface area contributed by atoms with Crippen molar-refractivity contribution in [2.75, 3.05) is 0 Å². The predicted octanol–water partition coefficient (Wildman–Crippen LogP) is 4.18. The van der Waals surface area contributed by atoms with E-state index in [-0.39, 0.29) is 5.78 Å². The summed E-state index contributed by atoms with van der Waals surface area (Å²) >= 11 is 0. The minimum Gasteiger partial charge on any atom is -0.461 e. The van der Waals surface area contributed by atoms with Gasteiger partial charge in [-0.2, -0.15) is 0 Å². The average molecular weight is 278 g/mol. The molecule has 0 saturated heterocycles. The standard InChI is InChI=1S/C15H22O3Si/c1-12-7-9-15(10-8-12,18-19(2,3)4)14(16)13-6-5-11-17-13/h5-7,11H,8-10H2,1-4H3. The van der Waals surface area contributed by atoms with Gasteiger partial charge in [-0.15, -0.1) is 0 Å². The third-order valence-corrected chi connectivity index (χ3v) is 4.37. The van der Waals surface area contributed by atoms with Crippen LogP contribution in [-0.4, -0.2) is 19.7 Å². The summed E-state index contributed by atoms with van der Waals surface area (Å²) in [5.74, 6) is 0.398. The number of ketones is 1. The first-order valence-electron chi connectivity index (χ1n) is 6.77. The van der Waals surface area contributed by atoms with Gasteiger partial charge in [-0.25, -0.2) is 0 Å². The molecule has 0 amide bonds. The van der Waals surface area contributed by atoms with Gasteiger partial charge in [0.2, 0.25) is 5.78 Å². The Morgan fingerprint density at radius 2 is 2.16 bits per heavy atom. The van der Waals surface area contributed by atoms with Crippen LogP contribution in [0.3, 0.4) is 0 Å². The maximum atomic E-state index is 12.7. The van der Waals surface area contributed by atoms with E-state index < -0.39 is 13.9 Å². The van der Waals surface area contributed by atoms with Crippen LogP contribution in [0.15, 0.2) is 34.5 Å². The van der Waals surface area contributed by atoms with Crippen molar-refractivity contribution in [1.29, 1.82) is 0 Å². The van der Waals surface area contributed by atoms with E-state index in [1.807, 2.05) is 0 Å². The van der Waals surface area contributed by atoms with Crippen molar-refractivity contribution < 1.29 is 13.6 Å². The van der Waals surface area contributed by atoms with Crippen LogP contribution >= 0.6 is 0 Å². The molecule has 0 aromatic carbocycles. The van der Waals surface area contributed by atoms with Crippen LogP contribution in [0.4, 0.5) is 0 Å². The van der Waals surface area contributed by atoms with Crippen LogP contribution in [0.5, 0.6) is 0 Å². The normalized spacial score (nSPS) is 24.1. The van der Waals surface area contributed by atoms with Crippen molar-refractivity contribution in [2.24, 2.45) is 0 Å². The summed E-state index contributed by atoms with van der Waals surface area (Å²) in [5.41, 5.74) is 0.615. The van der Waals surface area contributed by atoms with Gasteiger partial charge in [0.1, 0.15) is 5.60 Å². The van der Waals surface area contributed by atoms with Crippen LogP contribution in [0, 0.1) is 0 Å². The van der Waals surface area contributed by atoms with Gasteiger partial charge in [0.25, 0.3) is 0 Å². The Labute approximate surface area is 115 Å². The number of carbonyl (C=O) groups is 1. The molecule has 1 heterocycles. The van der Waals surface area contributed by atoms with Crippen LogP contribution in [0.2, 0.25) is 19.6 Å². The van der Waals surface area contributed by atoms with E-state index in [1.165, 1.54) is 5.57 Å². The first kappa shape index (κ1) is 14.3. The molecule has 3 nitrogen and oxygen atoms in total. The highest BCUT2D eigenvalue weighted by Crippen LogP contribution is 2.36. The van der Waals surface area contributed by atoms with E-state index in [1.54, 1.807) is 18.4 Å². The minimum atomic E-state index is -1.81. The second-order valence-corrected chi connectivity index (χ2v) is 10.7. The molecular weight excluding hydrogens is 256 g/mol. The summed E-state index contributed by atoms with van der Waals surface area (Å²) in [4.78, 5) is 12.7. The second kappa shape index (κ2) is 5.10. The van der Waals surface area contributed by atoms with Crippen molar-refractivity contribution in [2.45, 2.75) is 51.4 Å². The van der Waals surface area contributed by atoms with Crippen LogP contribution < -0.4 is 0 Å². The molecule has 4 heteroatoms. The zero-order valence-corrected chi connectivity index (χ0v) is 13.2. The predicted molar refractivity (Wildman–Crippen MR) is 77.8 cm³/mol. The van der Waals surface area contributed by atoms with E-state index in [0.29, 0.717) is 12.2 Å². The maximum Gasteiger partial charge on any atom is 0.228 e. The Kier molecular flexibility index (Phi) is 3.83.